The van der Waals surface area contributed by atoms with Crippen molar-refractivity contribution in [2.45, 2.75) is 55.6 Å². The zero-order valence-corrected chi connectivity index (χ0v) is 22.2. The maximum Gasteiger partial charge on any atom is 0.234 e. The number of rotatable bonds is 8. The summed E-state index contributed by atoms with van der Waals surface area (Å²) in [5.74, 6) is 1.34. The van der Waals surface area contributed by atoms with Gasteiger partial charge in [-0.2, -0.15) is 5.26 Å². The topological polar surface area (TPSA) is 90.3 Å². The van der Waals surface area contributed by atoms with Crippen molar-refractivity contribution < 1.29 is 9.53 Å². The van der Waals surface area contributed by atoms with Crippen LogP contribution in [0.2, 0.25) is 0 Å². The molecule has 1 aromatic heterocycles. The van der Waals surface area contributed by atoms with Crippen LogP contribution in [0.1, 0.15) is 42.4 Å². The quantitative estimate of drug-likeness (QED) is 0.448. The minimum atomic E-state index is 0.0709. The third-order valence-corrected chi connectivity index (χ3v) is 8.64. The van der Waals surface area contributed by atoms with Gasteiger partial charge in [-0.15, -0.1) is 11.8 Å². The maximum absolute atomic E-state index is 11.7. The van der Waals surface area contributed by atoms with Crippen LogP contribution in [0.4, 0.5) is 5.69 Å². The van der Waals surface area contributed by atoms with E-state index in [-0.39, 0.29) is 5.91 Å². The molecule has 0 spiro atoms. The molecule has 2 unspecified atom stereocenters. The summed E-state index contributed by atoms with van der Waals surface area (Å²) in [4.78, 5) is 19.8. The van der Waals surface area contributed by atoms with Crippen molar-refractivity contribution in [1.82, 2.24) is 15.2 Å². The first-order valence-corrected chi connectivity index (χ1v) is 13.9. The third kappa shape index (κ3) is 5.90. The van der Waals surface area contributed by atoms with Gasteiger partial charge in [-0.1, -0.05) is 12.5 Å². The number of nitrogens with zero attached hydrogens (tertiary/aromatic N) is 3. The first kappa shape index (κ1) is 25.5. The second kappa shape index (κ2) is 11.5. The van der Waals surface area contributed by atoms with Gasteiger partial charge in [0.05, 0.1) is 29.6 Å². The van der Waals surface area contributed by atoms with Crippen LogP contribution in [-0.4, -0.2) is 54.3 Å². The molecular formula is C29H33N5O2S. The van der Waals surface area contributed by atoms with Crippen molar-refractivity contribution in [2.75, 3.05) is 31.8 Å². The molecule has 1 amide bonds. The Kier molecular flexibility index (Phi) is 7.94. The number of pyridine rings is 1. The van der Waals surface area contributed by atoms with Crippen LogP contribution < -0.4 is 15.4 Å². The van der Waals surface area contributed by atoms with Gasteiger partial charge in [0.25, 0.3) is 0 Å². The van der Waals surface area contributed by atoms with Crippen LogP contribution >= 0.6 is 11.8 Å². The zero-order chi connectivity index (χ0) is 25.8. The minimum absolute atomic E-state index is 0.0709. The fraction of sp³-hybridized carbons (Fsp3) is 0.414. The number of amides is 1. The van der Waals surface area contributed by atoms with E-state index in [9.17, 15) is 10.1 Å². The number of anilines is 1. The number of methoxy groups -OCH3 is 1. The lowest BCUT2D eigenvalue weighted by atomic mass is 9.89. The summed E-state index contributed by atoms with van der Waals surface area (Å²) in [7, 11) is 3.86. The number of thioether (sulfide) groups is 1. The van der Waals surface area contributed by atoms with Gasteiger partial charge >= 0.3 is 0 Å². The smallest absolute Gasteiger partial charge is 0.234 e. The molecule has 2 atom stereocenters. The number of hydrogen-bond donors (Lipinski definition) is 2. The monoisotopic (exact) mass is 515 g/mol. The lowest BCUT2D eigenvalue weighted by Crippen LogP contribution is -2.43. The van der Waals surface area contributed by atoms with E-state index in [0.29, 0.717) is 23.4 Å². The predicted octanol–water partition coefficient (Wildman–Crippen LogP) is 4.73. The number of ether oxygens (including phenoxy) is 1. The summed E-state index contributed by atoms with van der Waals surface area (Å²) in [6.45, 7) is 1.68. The molecule has 1 aliphatic carbocycles. The summed E-state index contributed by atoms with van der Waals surface area (Å²) in [5.41, 5.74) is 4.69. The molecule has 3 aromatic rings. The molecule has 0 radical (unpaired) electrons. The van der Waals surface area contributed by atoms with Gasteiger partial charge in [0.15, 0.2) is 0 Å². The normalized spacial score (nSPS) is 19.4. The Bertz CT molecular complexity index is 1340. The number of carbonyl (C=O) groups is 1. The van der Waals surface area contributed by atoms with Crippen LogP contribution in [0, 0.1) is 11.3 Å². The number of hydrogen-bond acceptors (Lipinski definition) is 7. The van der Waals surface area contributed by atoms with E-state index in [1.807, 2.05) is 18.2 Å². The molecular weight excluding hydrogens is 482 g/mol. The molecule has 7 nitrogen and oxygen atoms in total. The molecule has 1 saturated carbocycles. The molecule has 37 heavy (non-hydrogen) atoms. The van der Waals surface area contributed by atoms with Crippen LogP contribution in [-0.2, 0) is 17.8 Å². The van der Waals surface area contributed by atoms with Gasteiger partial charge in [-0.05, 0) is 74.2 Å². The number of benzene rings is 2. The number of fused-ring (bicyclic) bond motifs is 2. The maximum atomic E-state index is 11.7. The van der Waals surface area contributed by atoms with Crippen molar-refractivity contribution in [3.8, 4) is 11.8 Å². The van der Waals surface area contributed by atoms with E-state index in [0.717, 1.165) is 58.7 Å². The first-order chi connectivity index (χ1) is 18.0. The van der Waals surface area contributed by atoms with Crippen LogP contribution in [0.5, 0.6) is 5.75 Å². The lowest BCUT2D eigenvalue weighted by Gasteiger charge is -2.36. The number of aromatic nitrogens is 1. The van der Waals surface area contributed by atoms with E-state index >= 15 is 0 Å². The second-order valence-electron chi connectivity index (χ2n) is 9.94. The van der Waals surface area contributed by atoms with Gasteiger partial charge in [-0.25, -0.2) is 0 Å². The summed E-state index contributed by atoms with van der Waals surface area (Å²) >= 11 is 1.60. The van der Waals surface area contributed by atoms with Gasteiger partial charge in [0, 0.05) is 41.7 Å². The van der Waals surface area contributed by atoms with E-state index in [4.69, 9.17) is 4.74 Å². The lowest BCUT2D eigenvalue weighted by molar-refractivity contribution is -0.113. The van der Waals surface area contributed by atoms with E-state index in [1.54, 1.807) is 25.1 Å². The molecule has 2 aliphatic rings. The molecule has 0 saturated heterocycles. The molecule has 1 aliphatic heterocycles. The van der Waals surface area contributed by atoms with Gasteiger partial charge < -0.3 is 20.3 Å². The predicted molar refractivity (Wildman–Crippen MR) is 148 cm³/mol. The Balaban J connectivity index is 1.20. The molecule has 2 heterocycles. The highest BCUT2D eigenvalue weighted by Gasteiger charge is 2.25. The largest absolute Gasteiger partial charge is 0.497 e. The van der Waals surface area contributed by atoms with Crippen LogP contribution in [0.25, 0.3) is 10.9 Å². The van der Waals surface area contributed by atoms with E-state index in [1.165, 1.54) is 24.8 Å². The average molecular weight is 516 g/mol. The Morgan fingerprint density at radius 2 is 2.16 bits per heavy atom. The second-order valence-corrected chi connectivity index (χ2v) is 11.0. The molecule has 192 valence electrons. The molecule has 2 aromatic carbocycles. The first-order valence-electron chi connectivity index (χ1n) is 12.9. The summed E-state index contributed by atoms with van der Waals surface area (Å²) in [5, 5.41) is 17.5. The molecule has 1 fully saturated rings. The Hall–Kier alpha value is -3.12. The Morgan fingerprint density at radius 3 is 3.00 bits per heavy atom. The van der Waals surface area contributed by atoms with Gasteiger partial charge in [-0.3, -0.25) is 9.78 Å². The fourth-order valence-corrected chi connectivity index (χ4v) is 6.23. The SMILES string of the molecule is COc1ccc2ncc(C#N)c(CCN(C)C3CCCC(NCc4ccc5c(c4)NC(=O)CS5)C3)c2c1. The van der Waals surface area contributed by atoms with Crippen molar-refractivity contribution in [2.24, 2.45) is 0 Å². The zero-order valence-electron chi connectivity index (χ0n) is 21.4. The van der Waals surface area contributed by atoms with Crippen LogP contribution in [0.15, 0.2) is 47.5 Å². The highest BCUT2D eigenvalue weighted by atomic mass is 32.2. The number of likely N-dealkylation sites (N-methyl/N-ethyl adjacent to an activating group) is 1. The minimum Gasteiger partial charge on any atom is -0.497 e. The van der Waals surface area contributed by atoms with Crippen molar-refractivity contribution >= 4 is 34.3 Å². The van der Waals surface area contributed by atoms with Gasteiger partial charge in [0.2, 0.25) is 5.91 Å². The molecule has 8 heteroatoms. The van der Waals surface area contributed by atoms with Gasteiger partial charge in [0.1, 0.15) is 11.8 Å². The molecule has 0 bridgehead atoms. The number of nitrogens with one attached hydrogen (secondary N) is 2. The molecule has 2 N–H and O–H groups in total. The van der Waals surface area contributed by atoms with E-state index < -0.39 is 0 Å². The van der Waals surface area contributed by atoms with Crippen molar-refractivity contribution in [3.05, 3.63) is 59.3 Å². The summed E-state index contributed by atoms with van der Waals surface area (Å²) < 4.78 is 5.42. The summed E-state index contributed by atoms with van der Waals surface area (Å²) in [6, 6.07) is 15.5. The molecule has 5 rings (SSSR count). The number of nitriles is 1. The van der Waals surface area contributed by atoms with Crippen molar-refractivity contribution in [1.29, 1.82) is 5.26 Å². The average Bonchev–Trinajstić information content (AvgIpc) is 2.94. The third-order valence-electron chi connectivity index (χ3n) is 7.56. The van der Waals surface area contributed by atoms with Crippen molar-refractivity contribution in [3.63, 3.8) is 0 Å². The van der Waals surface area contributed by atoms with E-state index in [2.05, 4.69) is 51.8 Å². The standard InChI is InChI=1S/C29H33N5O2S/c1-34(11-10-24-20(15-30)17-32-26-8-7-23(36-2)14-25(24)26)22-5-3-4-21(13-22)31-16-19-6-9-28-27(12-19)33-29(35)18-37-28/h6-9,12,14,17,21-22,31H,3-5,10-11,13,16,18H2,1-2H3,(H,33,35). The summed E-state index contributed by atoms with van der Waals surface area (Å²) in [6.07, 6.45) is 7.14. The fourth-order valence-electron chi connectivity index (χ4n) is 5.44. The Morgan fingerprint density at radius 1 is 1.27 bits per heavy atom. The Labute approximate surface area is 222 Å². The van der Waals surface area contributed by atoms with Crippen LogP contribution in [0.3, 0.4) is 0 Å². The highest BCUT2D eigenvalue weighted by Crippen LogP contribution is 2.32. The highest BCUT2D eigenvalue weighted by molar-refractivity contribution is 8.00. The number of carbonyl (C=O) groups excluding carboxylic acids is 1.